The molecule has 2 rings (SSSR count). The molecule has 1 fully saturated rings. The van der Waals surface area contributed by atoms with Gasteiger partial charge in [-0.05, 0) is 0 Å². The molecule has 6 atom stereocenters. The van der Waals surface area contributed by atoms with Gasteiger partial charge >= 0.3 is 0 Å². The number of ether oxygens (including phenoxy) is 1. The minimum atomic E-state index is -2.69. The summed E-state index contributed by atoms with van der Waals surface area (Å²) >= 11 is 0. The van der Waals surface area contributed by atoms with Gasteiger partial charge in [-0.25, -0.2) is 9.38 Å². The Morgan fingerprint density at radius 1 is 1.67 bits per heavy atom. The van der Waals surface area contributed by atoms with Crippen LogP contribution in [0, 0.1) is 12.3 Å². The fourth-order valence-corrected chi connectivity index (χ4v) is 2.14. The van der Waals surface area contributed by atoms with Crippen molar-refractivity contribution in [1.29, 1.82) is 0 Å². The molecule has 0 aromatic carbocycles. The summed E-state index contributed by atoms with van der Waals surface area (Å²) in [4.78, 5) is 7.99. The fraction of sp³-hybridized carbons (Fsp3) is 0.500. The van der Waals surface area contributed by atoms with Crippen LogP contribution in [0.2, 0.25) is 0 Å². The van der Waals surface area contributed by atoms with E-state index in [0.29, 0.717) is 0 Å². The van der Waals surface area contributed by atoms with Gasteiger partial charge in [-0.1, -0.05) is 12.0 Å². The Labute approximate surface area is 120 Å². The quantitative estimate of drug-likeness (QED) is 0.349. The lowest BCUT2D eigenvalue weighted by Gasteiger charge is -2.34. The summed E-state index contributed by atoms with van der Waals surface area (Å²) in [5, 5.41) is 29.4. The lowest BCUT2D eigenvalue weighted by Crippen LogP contribution is -2.55. The molecule has 114 valence electrons. The highest BCUT2D eigenvalue weighted by Gasteiger charge is 2.60. The van der Waals surface area contributed by atoms with Gasteiger partial charge in [-0.2, -0.15) is 4.99 Å². The molecule has 0 bridgehead atoms. The van der Waals surface area contributed by atoms with Gasteiger partial charge in [0.05, 0.1) is 0 Å². The molecule has 5 N–H and O–H groups in total. The molecule has 2 heterocycles. The number of aliphatic hydroxyl groups is 3. The van der Waals surface area contributed by atoms with Crippen LogP contribution in [0.3, 0.4) is 0 Å². The zero-order valence-electron chi connectivity index (χ0n) is 10.9. The van der Waals surface area contributed by atoms with Gasteiger partial charge in [0.15, 0.2) is 6.23 Å². The maximum atomic E-state index is 14.9. The Hall–Kier alpha value is -1.99. The number of nitrogens with zero attached hydrogens (tertiary/aromatic N) is 3. The molecule has 8 nitrogen and oxygen atoms in total. The van der Waals surface area contributed by atoms with Gasteiger partial charge in [0.2, 0.25) is 18.0 Å². The predicted octanol–water partition coefficient (Wildman–Crippen LogP) is -2.10. The number of rotatable bonds is 3. The highest BCUT2D eigenvalue weighted by molar-refractivity contribution is 5.87. The number of terminal acetylenes is 1. The maximum absolute atomic E-state index is 14.9. The second-order valence-electron chi connectivity index (χ2n) is 4.56. The lowest BCUT2D eigenvalue weighted by atomic mass is 9.94. The van der Waals surface area contributed by atoms with Crippen LogP contribution in [0.25, 0.3) is 0 Å². The SMILES string of the molecule is C#CC1(F)[C@@H](O)[C@@H]([C@H](O)C=C)O[C@H]1N1C=NC(N)=NC1O. The molecule has 9 heteroatoms. The number of guanidine groups is 1. The van der Waals surface area contributed by atoms with E-state index >= 15 is 0 Å². The van der Waals surface area contributed by atoms with Gasteiger partial charge < -0.3 is 25.8 Å². The first kappa shape index (κ1) is 15.4. The van der Waals surface area contributed by atoms with Gasteiger partial charge in [-0.15, -0.1) is 13.0 Å². The number of halogens is 1. The molecule has 0 amide bonds. The topological polar surface area (TPSA) is 124 Å². The van der Waals surface area contributed by atoms with Crippen molar-refractivity contribution >= 4 is 12.3 Å². The Balaban J connectivity index is 2.33. The van der Waals surface area contributed by atoms with E-state index in [-0.39, 0.29) is 5.96 Å². The summed E-state index contributed by atoms with van der Waals surface area (Å²) in [7, 11) is 0. The van der Waals surface area contributed by atoms with E-state index in [1.807, 2.05) is 0 Å². The number of hydrogen-bond acceptors (Lipinski definition) is 8. The number of alkyl halides is 1. The largest absolute Gasteiger partial charge is 0.386 e. The van der Waals surface area contributed by atoms with Gasteiger partial charge in [0, 0.05) is 0 Å². The summed E-state index contributed by atoms with van der Waals surface area (Å²) in [6.45, 7) is 3.33. The van der Waals surface area contributed by atoms with Crippen molar-refractivity contribution in [2.75, 3.05) is 0 Å². The Bertz CT molecular complexity index is 534. The molecule has 0 saturated carbocycles. The number of aliphatic imine (C=N–C) groups is 2. The smallest absolute Gasteiger partial charge is 0.243 e. The van der Waals surface area contributed by atoms with Gasteiger partial charge in [-0.3, -0.25) is 4.90 Å². The van der Waals surface area contributed by atoms with Crippen LogP contribution in [-0.2, 0) is 4.74 Å². The van der Waals surface area contributed by atoms with E-state index in [0.717, 1.165) is 17.3 Å². The molecule has 0 aromatic rings. The molecule has 0 radical (unpaired) electrons. The van der Waals surface area contributed by atoms with Crippen LogP contribution in [0.15, 0.2) is 22.6 Å². The van der Waals surface area contributed by atoms with E-state index in [2.05, 4.69) is 16.6 Å². The predicted molar refractivity (Wildman–Crippen MR) is 71.5 cm³/mol. The van der Waals surface area contributed by atoms with Crippen molar-refractivity contribution in [2.24, 2.45) is 15.7 Å². The van der Waals surface area contributed by atoms with Crippen molar-refractivity contribution in [3.8, 4) is 12.3 Å². The van der Waals surface area contributed by atoms with E-state index < -0.39 is 36.6 Å². The molecule has 2 aliphatic heterocycles. The highest BCUT2D eigenvalue weighted by atomic mass is 19.1. The third-order valence-corrected chi connectivity index (χ3v) is 3.29. The standard InChI is InChI=1S/C12H15FN4O4/c1-3-6(18)7-8(19)12(13,4-2)9(21-7)17-5-15-10(14)16-11(17)20/h2-3,5-9,11,18-20H,1H2,(H2,14,16)/t6-,7-,8+,9-,11?,12?/m1/s1. The molecule has 0 aromatic heterocycles. The number of hydrogen-bond donors (Lipinski definition) is 4. The fourth-order valence-electron chi connectivity index (χ4n) is 2.14. The number of aliphatic hydroxyl groups excluding tert-OH is 3. The van der Waals surface area contributed by atoms with Crippen molar-refractivity contribution in [1.82, 2.24) is 4.90 Å². The highest BCUT2D eigenvalue weighted by Crippen LogP contribution is 2.38. The van der Waals surface area contributed by atoms with Crippen LogP contribution in [0.1, 0.15) is 0 Å². The van der Waals surface area contributed by atoms with Crippen LogP contribution in [0.5, 0.6) is 0 Å². The van der Waals surface area contributed by atoms with E-state index in [1.165, 1.54) is 0 Å². The second kappa shape index (κ2) is 5.42. The zero-order valence-corrected chi connectivity index (χ0v) is 10.9. The molecule has 2 aliphatic rings. The molecule has 2 unspecified atom stereocenters. The van der Waals surface area contributed by atoms with Crippen LogP contribution in [-0.4, -0.2) is 69.1 Å². The third kappa shape index (κ3) is 2.38. The van der Waals surface area contributed by atoms with Crippen LogP contribution >= 0.6 is 0 Å². The van der Waals surface area contributed by atoms with E-state index in [1.54, 1.807) is 5.92 Å². The first-order valence-electron chi connectivity index (χ1n) is 5.99. The molecular formula is C12H15FN4O4. The Morgan fingerprint density at radius 3 is 2.86 bits per heavy atom. The maximum Gasteiger partial charge on any atom is 0.243 e. The number of nitrogens with two attached hydrogens (primary N) is 1. The average molecular weight is 298 g/mol. The molecule has 1 saturated heterocycles. The first-order chi connectivity index (χ1) is 9.85. The summed E-state index contributed by atoms with van der Waals surface area (Å²) < 4.78 is 20.1. The normalized spacial score (nSPS) is 40.5. The van der Waals surface area contributed by atoms with E-state index in [9.17, 15) is 19.7 Å². The molecule has 0 spiro atoms. The van der Waals surface area contributed by atoms with Crippen LogP contribution < -0.4 is 5.73 Å². The molecule has 0 aliphatic carbocycles. The molecular weight excluding hydrogens is 283 g/mol. The van der Waals surface area contributed by atoms with Gasteiger partial charge in [0.25, 0.3) is 0 Å². The van der Waals surface area contributed by atoms with Crippen LogP contribution in [0.4, 0.5) is 4.39 Å². The van der Waals surface area contributed by atoms with Crippen molar-refractivity contribution in [3.63, 3.8) is 0 Å². The molecule has 21 heavy (non-hydrogen) atoms. The van der Waals surface area contributed by atoms with E-state index in [4.69, 9.17) is 16.9 Å². The minimum Gasteiger partial charge on any atom is -0.386 e. The summed E-state index contributed by atoms with van der Waals surface area (Å²) in [5.41, 5.74) is 2.61. The van der Waals surface area contributed by atoms with Crippen molar-refractivity contribution in [2.45, 2.75) is 36.6 Å². The Kier molecular flexibility index (Phi) is 3.97. The minimum absolute atomic E-state index is 0.204. The summed E-state index contributed by atoms with van der Waals surface area (Å²) in [6, 6.07) is 0. The van der Waals surface area contributed by atoms with Crippen molar-refractivity contribution in [3.05, 3.63) is 12.7 Å². The average Bonchev–Trinajstić information content (AvgIpc) is 2.72. The summed E-state index contributed by atoms with van der Waals surface area (Å²) in [5.74, 6) is 1.59. The zero-order chi connectivity index (χ0) is 15.8. The lowest BCUT2D eigenvalue weighted by molar-refractivity contribution is -0.123. The Morgan fingerprint density at radius 2 is 2.33 bits per heavy atom. The van der Waals surface area contributed by atoms with Gasteiger partial charge in [0.1, 0.15) is 24.7 Å². The second-order valence-corrected chi connectivity index (χ2v) is 4.56. The summed E-state index contributed by atoms with van der Waals surface area (Å²) in [6.07, 6.45) is -0.491. The third-order valence-electron chi connectivity index (χ3n) is 3.29. The first-order valence-corrected chi connectivity index (χ1v) is 5.99. The monoisotopic (exact) mass is 298 g/mol. The van der Waals surface area contributed by atoms with Crippen molar-refractivity contribution < 1.29 is 24.4 Å².